The molecule has 0 saturated heterocycles. The van der Waals surface area contributed by atoms with Crippen LogP contribution in [0.5, 0.6) is 11.5 Å². The van der Waals surface area contributed by atoms with E-state index < -0.39 is 5.91 Å². The summed E-state index contributed by atoms with van der Waals surface area (Å²) in [5, 5.41) is 5.37. The molecule has 9 heteroatoms. The molecule has 2 amide bonds. The fourth-order valence-electron chi connectivity index (χ4n) is 3.09. The van der Waals surface area contributed by atoms with Crippen LogP contribution in [0.4, 0.5) is 5.95 Å². The maximum absolute atomic E-state index is 12.5. The van der Waals surface area contributed by atoms with Gasteiger partial charge in [-0.25, -0.2) is 4.98 Å². The van der Waals surface area contributed by atoms with Gasteiger partial charge in [0.2, 0.25) is 11.9 Å². The Kier molecular flexibility index (Phi) is 7.45. The number of carbonyl (C=O) groups excluding carboxylic acids is 2. The van der Waals surface area contributed by atoms with Gasteiger partial charge in [0.15, 0.2) is 11.5 Å². The molecule has 0 aliphatic heterocycles. The number of carbonyl (C=O) groups is 2. The lowest BCUT2D eigenvalue weighted by molar-refractivity contribution is -0.115. The highest BCUT2D eigenvalue weighted by Gasteiger charge is 2.15. The van der Waals surface area contributed by atoms with Crippen molar-refractivity contribution < 1.29 is 23.8 Å². The Bertz CT molecular complexity index is 1060. The molecule has 31 heavy (non-hydrogen) atoms. The zero-order chi connectivity index (χ0) is 22.2. The number of fused-ring (bicyclic) bond motifs is 1. The Labute approximate surface area is 180 Å². The standard InChI is InChI=1S/C22H26N4O5/c1-4-31-18-10-9-15(13-19(18)30-3)21(28)23-14-20(27)25-22-24-16-7-5-6-8-17(16)26(22)11-12-29-2/h5-10,13H,4,11-12,14H2,1-3H3,(H,23,28)(H,24,25,27). The van der Waals surface area contributed by atoms with Gasteiger partial charge in [0.25, 0.3) is 5.91 Å². The van der Waals surface area contributed by atoms with Crippen LogP contribution < -0.4 is 20.1 Å². The summed E-state index contributed by atoms with van der Waals surface area (Å²) in [7, 11) is 3.12. The number of hydrogen-bond donors (Lipinski definition) is 2. The normalized spacial score (nSPS) is 10.7. The van der Waals surface area contributed by atoms with Crippen LogP contribution in [0.15, 0.2) is 42.5 Å². The monoisotopic (exact) mass is 426 g/mol. The van der Waals surface area contributed by atoms with E-state index in [9.17, 15) is 9.59 Å². The van der Waals surface area contributed by atoms with Crippen molar-refractivity contribution in [3.8, 4) is 11.5 Å². The predicted molar refractivity (Wildman–Crippen MR) is 117 cm³/mol. The molecular formula is C22H26N4O5. The van der Waals surface area contributed by atoms with E-state index in [1.165, 1.54) is 7.11 Å². The molecule has 164 valence electrons. The fraction of sp³-hybridized carbons (Fsp3) is 0.318. The van der Waals surface area contributed by atoms with E-state index in [1.807, 2.05) is 35.8 Å². The number of para-hydroxylation sites is 2. The summed E-state index contributed by atoms with van der Waals surface area (Å²) in [4.78, 5) is 29.4. The van der Waals surface area contributed by atoms with Crippen molar-refractivity contribution in [1.29, 1.82) is 0 Å². The van der Waals surface area contributed by atoms with Crippen LogP contribution in [0, 0.1) is 0 Å². The third kappa shape index (κ3) is 5.32. The molecule has 0 aliphatic carbocycles. The molecule has 0 radical (unpaired) electrons. The fourth-order valence-corrected chi connectivity index (χ4v) is 3.09. The molecule has 0 spiro atoms. The summed E-state index contributed by atoms with van der Waals surface area (Å²) < 4.78 is 17.7. The minimum atomic E-state index is -0.399. The summed E-state index contributed by atoms with van der Waals surface area (Å²) in [5.41, 5.74) is 2.01. The Morgan fingerprint density at radius 3 is 2.65 bits per heavy atom. The molecule has 0 aliphatic rings. The van der Waals surface area contributed by atoms with Gasteiger partial charge in [-0.2, -0.15) is 0 Å². The zero-order valence-corrected chi connectivity index (χ0v) is 17.8. The number of imidazole rings is 1. The van der Waals surface area contributed by atoms with E-state index in [0.29, 0.717) is 42.8 Å². The number of aromatic nitrogens is 2. The summed E-state index contributed by atoms with van der Waals surface area (Å²) in [6.45, 7) is 3.14. The van der Waals surface area contributed by atoms with Crippen LogP contribution in [0.2, 0.25) is 0 Å². The van der Waals surface area contributed by atoms with Crippen molar-refractivity contribution in [3.05, 3.63) is 48.0 Å². The van der Waals surface area contributed by atoms with Crippen LogP contribution in [-0.2, 0) is 16.1 Å². The average Bonchev–Trinajstić information content (AvgIpc) is 3.13. The third-order valence-electron chi connectivity index (χ3n) is 4.56. The first-order valence-corrected chi connectivity index (χ1v) is 9.90. The SMILES string of the molecule is CCOc1ccc(C(=O)NCC(=O)Nc2nc3ccccc3n2CCOC)cc1OC. The van der Waals surface area contributed by atoms with Crippen LogP contribution in [0.3, 0.4) is 0 Å². The molecule has 1 aromatic heterocycles. The number of rotatable bonds is 10. The second kappa shape index (κ2) is 10.4. The maximum atomic E-state index is 12.5. The van der Waals surface area contributed by atoms with Gasteiger partial charge in [-0.15, -0.1) is 0 Å². The summed E-state index contributed by atoms with van der Waals surface area (Å²) in [6, 6.07) is 12.4. The molecular weight excluding hydrogens is 400 g/mol. The first-order chi connectivity index (χ1) is 15.1. The maximum Gasteiger partial charge on any atom is 0.251 e. The minimum absolute atomic E-state index is 0.207. The topological polar surface area (TPSA) is 104 Å². The van der Waals surface area contributed by atoms with E-state index >= 15 is 0 Å². The van der Waals surface area contributed by atoms with E-state index in [4.69, 9.17) is 14.2 Å². The first kappa shape index (κ1) is 22.1. The minimum Gasteiger partial charge on any atom is -0.493 e. The summed E-state index contributed by atoms with van der Waals surface area (Å²) >= 11 is 0. The highest BCUT2D eigenvalue weighted by Crippen LogP contribution is 2.28. The molecule has 0 unspecified atom stereocenters. The van der Waals surface area contributed by atoms with Gasteiger partial charge in [0.05, 0.1) is 37.9 Å². The van der Waals surface area contributed by atoms with Crippen molar-refractivity contribution in [1.82, 2.24) is 14.9 Å². The van der Waals surface area contributed by atoms with E-state index in [0.717, 1.165) is 11.0 Å². The van der Waals surface area contributed by atoms with Crippen molar-refractivity contribution in [2.45, 2.75) is 13.5 Å². The highest BCUT2D eigenvalue weighted by atomic mass is 16.5. The molecule has 9 nitrogen and oxygen atoms in total. The number of benzene rings is 2. The molecule has 3 rings (SSSR count). The van der Waals surface area contributed by atoms with Crippen molar-refractivity contribution in [2.75, 3.05) is 39.3 Å². The lowest BCUT2D eigenvalue weighted by Crippen LogP contribution is -2.33. The predicted octanol–water partition coefficient (Wildman–Crippen LogP) is 2.46. The average molecular weight is 426 g/mol. The van der Waals surface area contributed by atoms with Gasteiger partial charge in [0.1, 0.15) is 0 Å². The van der Waals surface area contributed by atoms with Crippen molar-refractivity contribution in [3.63, 3.8) is 0 Å². The van der Waals surface area contributed by atoms with Crippen LogP contribution in [0.25, 0.3) is 11.0 Å². The van der Waals surface area contributed by atoms with Gasteiger partial charge >= 0.3 is 0 Å². The lowest BCUT2D eigenvalue weighted by atomic mass is 10.2. The zero-order valence-electron chi connectivity index (χ0n) is 17.8. The molecule has 0 saturated carbocycles. The molecule has 0 bridgehead atoms. The van der Waals surface area contributed by atoms with E-state index in [2.05, 4.69) is 15.6 Å². The molecule has 0 fully saturated rings. The van der Waals surface area contributed by atoms with E-state index in [1.54, 1.807) is 25.3 Å². The Balaban J connectivity index is 1.66. The van der Waals surface area contributed by atoms with Crippen LogP contribution in [-0.4, -0.2) is 55.3 Å². The Hall–Kier alpha value is -3.59. The number of methoxy groups -OCH3 is 2. The van der Waals surface area contributed by atoms with E-state index in [-0.39, 0.29) is 12.5 Å². The molecule has 2 aromatic carbocycles. The van der Waals surface area contributed by atoms with Crippen molar-refractivity contribution in [2.24, 2.45) is 0 Å². The van der Waals surface area contributed by atoms with Crippen LogP contribution in [0.1, 0.15) is 17.3 Å². The van der Waals surface area contributed by atoms with Gasteiger partial charge in [-0.1, -0.05) is 12.1 Å². The van der Waals surface area contributed by atoms with Gasteiger partial charge in [0, 0.05) is 19.2 Å². The second-order valence-corrected chi connectivity index (χ2v) is 6.60. The van der Waals surface area contributed by atoms with Gasteiger partial charge in [-0.3, -0.25) is 14.9 Å². The smallest absolute Gasteiger partial charge is 0.251 e. The molecule has 1 heterocycles. The Morgan fingerprint density at radius 1 is 1.10 bits per heavy atom. The lowest BCUT2D eigenvalue weighted by Gasteiger charge is -2.12. The number of anilines is 1. The third-order valence-corrected chi connectivity index (χ3v) is 4.56. The van der Waals surface area contributed by atoms with Gasteiger partial charge < -0.3 is 24.1 Å². The van der Waals surface area contributed by atoms with Gasteiger partial charge in [-0.05, 0) is 37.3 Å². The first-order valence-electron chi connectivity index (χ1n) is 9.90. The summed E-state index contributed by atoms with van der Waals surface area (Å²) in [6.07, 6.45) is 0. The number of nitrogens with zero attached hydrogens (tertiary/aromatic N) is 2. The quantitative estimate of drug-likeness (QED) is 0.516. The molecule has 2 N–H and O–H groups in total. The van der Waals surface area contributed by atoms with Crippen LogP contribution >= 0.6 is 0 Å². The highest BCUT2D eigenvalue weighted by molar-refractivity contribution is 5.99. The molecule has 0 atom stereocenters. The Morgan fingerprint density at radius 2 is 1.90 bits per heavy atom. The number of amides is 2. The number of hydrogen-bond acceptors (Lipinski definition) is 6. The molecule has 3 aromatic rings. The second-order valence-electron chi connectivity index (χ2n) is 6.60. The largest absolute Gasteiger partial charge is 0.493 e. The number of ether oxygens (including phenoxy) is 3. The van der Waals surface area contributed by atoms with Crippen molar-refractivity contribution >= 4 is 28.8 Å². The summed E-state index contributed by atoms with van der Waals surface area (Å²) in [5.74, 6) is 0.616. The number of nitrogens with one attached hydrogen (secondary N) is 2.